The van der Waals surface area contributed by atoms with Crippen molar-refractivity contribution in [2.75, 3.05) is 43.1 Å². The molecule has 2 fully saturated rings. The van der Waals surface area contributed by atoms with E-state index in [0.29, 0.717) is 11.5 Å². The number of nitrogens with one attached hydrogen (secondary N) is 1. The number of nitrogens with two attached hydrogens (primary N) is 1. The molecule has 2 heterocycles. The standard InChI is InChI=1S/C27H31FN6O/c1-30-25-10-5-20(16-24(25)28)26-17-27(31-18-19-3-2-4-21(29)15-19)32-34(26)23-8-6-22(7-9-23)33-11-13-35-14-12-33/h5-10,16-17,19,21H,2-4,11-15,18,29H2,(H,31,32)/t19-,21-/m0/s1. The number of nitrogens with zero attached hydrogens (tertiary/aromatic N) is 4. The second kappa shape index (κ2) is 10.5. The van der Waals surface area contributed by atoms with Crippen LogP contribution in [0, 0.1) is 18.3 Å². The van der Waals surface area contributed by atoms with Crippen molar-refractivity contribution in [3.63, 3.8) is 0 Å². The highest BCUT2D eigenvalue weighted by atomic mass is 19.1. The summed E-state index contributed by atoms with van der Waals surface area (Å²) in [6.07, 6.45) is 4.45. The maximum absolute atomic E-state index is 14.5. The van der Waals surface area contributed by atoms with Gasteiger partial charge in [0.2, 0.25) is 5.69 Å². The number of aromatic nitrogens is 2. The van der Waals surface area contributed by atoms with E-state index in [0.717, 1.165) is 75.0 Å². The number of morpholine rings is 1. The zero-order valence-electron chi connectivity index (χ0n) is 19.8. The highest BCUT2D eigenvalue weighted by Crippen LogP contribution is 2.31. The largest absolute Gasteiger partial charge is 0.378 e. The Kier molecular flexibility index (Phi) is 6.98. The van der Waals surface area contributed by atoms with Crippen LogP contribution < -0.4 is 16.0 Å². The van der Waals surface area contributed by atoms with E-state index in [1.165, 1.54) is 18.6 Å². The van der Waals surface area contributed by atoms with E-state index in [4.69, 9.17) is 22.1 Å². The maximum atomic E-state index is 14.5. The number of halogens is 1. The third-order valence-electron chi connectivity index (χ3n) is 6.94. The van der Waals surface area contributed by atoms with Gasteiger partial charge in [0.25, 0.3) is 0 Å². The Morgan fingerprint density at radius 3 is 2.57 bits per heavy atom. The van der Waals surface area contributed by atoms with Crippen LogP contribution in [0.5, 0.6) is 0 Å². The lowest BCUT2D eigenvalue weighted by Crippen LogP contribution is -2.36. The molecule has 3 N–H and O–H groups in total. The van der Waals surface area contributed by atoms with Gasteiger partial charge >= 0.3 is 0 Å². The van der Waals surface area contributed by atoms with Crippen molar-refractivity contribution in [2.24, 2.45) is 11.7 Å². The van der Waals surface area contributed by atoms with Gasteiger partial charge in [-0.15, -0.1) is 5.10 Å². The number of hydrogen-bond donors (Lipinski definition) is 2. The second-order valence-electron chi connectivity index (χ2n) is 9.39. The Morgan fingerprint density at radius 1 is 1.09 bits per heavy atom. The Bertz CT molecular complexity index is 1200. The molecular formula is C27H31FN6O. The molecule has 0 amide bonds. The number of anilines is 2. The van der Waals surface area contributed by atoms with Crippen LogP contribution in [0.4, 0.5) is 21.6 Å². The maximum Gasteiger partial charge on any atom is 0.222 e. The zero-order chi connectivity index (χ0) is 24.2. The predicted molar refractivity (Wildman–Crippen MR) is 137 cm³/mol. The van der Waals surface area contributed by atoms with E-state index in [9.17, 15) is 4.39 Å². The SMILES string of the molecule is [C-]#[N+]c1ccc(-c2cc(NC[C@H]3CCC[C@H](N)C3)nn2-c2ccc(N3CCOCC3)cc2)cc1F. The molecule has 1 aromatic heterocycles. The quantitative estimate of drug-likeness (QED) is 0.492. The van der Waals surface area contributed by atoms with Gasteiger partial charge in [-0.25, -0.2) is 13.9 Å². The van der Waals surface area contributed by atoms with Crippen LogP contribution in [0.2, 0.25) is 0 Å². The summed E-state index contributed by atoms with van der Waals surface area (Å²) < 4.78 is 21.8. The molecule has 8 heteroatoms. The molecule has 1 aliphatic carbocycles. The summed E-state index contributed by atoms with van der Waals surface area (Å²) in [5, 5.41) is 8.32. The van der Waals surface area contributed by atoms with Crippen molar-refractivity contribution < 1.29 is 9.13 Å². The summed E-state index contributed by atoms with van der Waals surface area (Å²) in [5.41, 5.74) is 9.65. The third-order valence-corrected chi connectivity index (χ3v) is 6.94. The molecule has 5 rings (SSSR count). The van der Waals surface area contributed by atoms with E-state index < -0.39 is 5.82 Å². The van der Waals surface area contributed by atoms with Gasteiger partial charge in [-0.1, -0.05) is 18.6 Å². The summed E-state index contributed by atoms with van der Waals surface area (Å²) >= 11 is 0. The highest BCUT2D eigenvalue weighted by Gasteiger charge is 2.20. The molecule has 1 saturated carbocycles. The summed E-state index contributed by atoms with van der Waals surface area (Å²) in [6, 6.07) is 15.2. The van der Waals surface area contributed by atoms with Crippen LogP contribution >= 0.6 is 0 Å². The average molecular weight is 475 g/mol. The number of rotatable bonds is 6. The first-order valence-corrected chi connectivity index (χ1v) is 12.3. The fraction of sp³-hybridized carbons (Fsp3) is 0.407. The number of ether oxygens (including phenoxy) is 1. The Morgan fingerprint density at radius 2 is 1.86 bits per heavy atom. The monoisotopic (exact) mass is 474 g/mol. The minimum absolute atomic E-state index is 0.0154. The summed E-state index contributed by atoms with van der Waals surface area (Å²) in [6.45, 7) is 11.2. The van der Waals surface area contributed by atoms with Crippen molar-refractivity contribution in [1.82, 2.24) is 9.78 Å². The van der Waals surface area contributed by atoms with Crippen molar-refractivity contribution in [3.05, 3.63) is 65.8 Å². The van der Waals surface area contributed by atoms with Gasteiger partial charge in [0.15, 0.2) is 0 Å². The summed E-state index contributed by atoms with van der Waals surface area (Å²) in [4.78, 5) is 5.55. The van der Waals surface area contributed by atoms with Crippen molar-refractivity contribution >= 4 is 17.2 Å². The first-order chi connectivity index (χ1) is 17.1. The summed E-state index contributed by atoms with van der Waals surface area (Å²) in [7, 11) is 0. The molecule has 2 aliphatic rings. The Balaban J connectivity index is 1.43. The normalized spacial score (nSPS) is 20.4. The van der Waals surface area contributed by atoms with Crippen LogP contribution in [-0.2, 0) is 4.74 Å². The molecule has 2 atom stereocenters. The van der Waals surface area contributed by atoms with Crippen LogP contribution in [0.25, 0.3) is 21.8 Å². The first kappa shape index (κ1) is 23.3. The van der Waals surface area contributed by atoms with Crippen LogP contribution in [-0.4, -0.2) is 48.7 Å². The van der Waals surface area contributed by atoms with Crippen molar-refractivity contribution in [2.45, 2.75) is 31.7 Å². The molecule has 1 aliphatic heterocycles. The van der Waals surface area contributed by atoms with Crippen LogP contribution in [0.15, 0.2) is 48.5 Å². The Hall–Kier alpha value is -3.41. The lowest BCUT2D eigenvalue weighted by Gasteiger charge is -2.28. The van der Waals surface area contributed by atoms with E-state index >= 15 is 0 Å². The molecule has 0 bridgehead atoms. The molecule has 2 aromatic carbocycles. The fourth-order valence-corrected chi connectivity index (χ4v) is 5.02. The molecule has 7 nitrogen and oxygen atoms in total. The third kappa shape index (κ3) is 5.31. The molecule has 0 spiro atoms. The molecule has 182 valence electrons. The lowest BCUT2D eigenvalue weighted by atomic mass is 9.86. The average Bonchev–Trinajstić information content (AvgIpc) is 3.32. The first-order valence-electron chi connectivity index (χ1n) is 12.3. The van der Waals surface area contributed by atoms with Gasteiger partial charge in [0.05, 0.1) is 31.2 Å². The van der Waals surface area contributed by atoms with Crippen molar-refractivity contribution in [3.8, 4) is 16.9 Å². The van der Waals surface area contributed by atoms with E-state index in [2.05, 4.69) is 27.2 Å². The topological polar surface area (TPSA) is 72.7 Å². The minimum Gasteiger partial charge on any atom is -0.378 e. The Labute approximate surface area is 205 Å². The molecule has 35 heavy (non-hydrogen) atoms. The zero-order valence-corrected chi connectivity index (χ0v) is 19.8. The smallest absolute Gasteiger partial charge is 0.222 e. The fourth-order valence-electron chi connectivity index (χ4n) is 5.02. The van der Waals surface area contributed by atoms with Crippen LogP contribution in [0.1, 0.15) is 25.7 Å². The van der Waals surface area contributed by atoms with Gasteiger partial charge in [-0.3, -0.25) is 0 Å². The predicted octanol–water partition coefficient (Wildman–Crippen LogP) is 5.00. The minimum atomic E-state index is -0.529. The van der Waals surface area contributed by atoms with E-state index in [1.54, 1.807) is 6.07 Å². The van der Waals surface area contributed by atoms with Gasteiger partial charge in [-0.2, -0.15) is 0 Å². The van der Waals surface area contributed by atoms with Gasteiger partial charge in [0.1, 0.15) is 11.6 Å². The summed E-state index contributed by atoms with van der Waals surface area (Å²) in [5.74, 6) is 0.736. The lowest BCUT2D eigenvalue weighted by molar-refractivity contribution is 0.122. The number of benzene rings is 2. The van der Waals surface area contributed by atoms with E-state index in [-0.39, 0.29) is 11.7 Å². The second-order valence-corrected chi connectivity index (χ2v) is 9.39. The van der Waals surface area contributed by atoms with Gasteiger partial charge < -0.3 is 20.7 Å². The van der Waals surface area contributed by atoms with Crippen molar-refractivity contribution in [1.29, 1.82) is 0 Å². The van der Waals surface area contributed by atoms with Gasteiger partial charge in [0, 0.05) is 43.0 Å². The number of hydrogen-bond acceptors (Lipinski definition) is 5. The van der Waals surface area contributed by atoms with Gasteiger partial charge in [-0.05, 0) is 55.5 Å². The van der Waals surface area contributed by atoms with Crippen LogP contribution in [0.3, 0.4) is 0 Å². The highest BCUT2D eigenvalue weighted by molar-refractivity contribution is 5.69. The molecule has 0 unspecified atom stereocenters. The molecule has 3 aromatic rings. The molecule has 0 radical (unpaired) electrons. The van der Waals surface area contributed by atoms with E-state index in [1.807, 2.05) is 22.9 Å². The molecule has 1 saturated heterocycles. The molecular weight excluding hydrogens is 443 g/mol.